The molecule has 4 nitrogen and oxygen atoms in total. The van der Waals surface area contributed by atoms with Crippen LogP contribution in [-0.2, 0) is 4.79 Å². The average Bonchev–Trinajstić information content (AvgIpc) is 3.07. The molecule has 4 heteroatoms. The average molecular weight is 238 g/mol. The molecule has 2 atom stereocenters. The van der Waals surface area contributed by atoms with Crippen molar-refractivity contribution in [1.29, 1.82) is 0 Å². The van der Waals surface area contributed by atoms with Gasteiger partial charge in [-0.1, -0.05) is 19.1 Å². The van der Waals surface area contributed by atoms with Crippen LogP contribution in [-0.4, -0.2) is 47.7 Å². The smallest absolute Gasteiger partial charge is 0.234 e. The van der Waals surface area contributed by atoms with Gasteiger partial charge in [0.05, 0.1) is 6.54 Å². The number of nitrogens with one attached hydrogen (secondary N) is 1. The fraction of sp³-hybridized carbons (Fsp3) is 0.769. The van der Waals surface area contributed by atoms with Crippen LogP contribution in [0.1, 0.15) is 26.2 Å². The summed E-state index contributed by atoms with van der Waals surface area (Å²) >= 11 is 0. The molecule has 1 fully saturated rings. The molecule has 0 radical (unpaired) electrons. The summed E-state index contributed by atoms with van der Waals surface area (Å²) in [5.41, 5.74) is 0. The fourth-order valence-electron chi connectivity index (χ4n) is 2.39. The molecule has 0 aromatic rings. The summed E-state index contributed by atoms with van der Waals surface area (Å²) < 4.78 is 0. The molecule has 17 heavy (non-hydrogen) atoms. The van der Waals surface area contributed by atoms with Gasteiger partial charge in [0.15, 0.2) is 0 Å². The van der Waals surface area contributed by atoms with Gasteiger partial charge >= 0.3 is 0 Å². The minimum atomic E-state index is 0.104. The Hall–Kier alpha value is -0.870. The summed E-state index contributed by atoms with van der Waals surface area (Å²) in [6.45, 7) is 3.72. The number of nitrogens with zero attached hydrogens (tertiary/aromatic N) is 1. The number of rotatable bonds is 6. The molecule has 2 aliphatic carbocycles. The Kier molecular flexibility index (Phi) is 4.18. The molecule has 1 amide bonds. The Morgan fingerprint density at radius 2 is 2.24 bits per heavy atom. The van der Waals surface area contributed by atoms with Crippen LogP contribution in [0, 0.1) is 5.92 Å². The monoisotopic (exact) mass is 238 g/mol. The standard InChI is InChI=1S/C13H22N2O2/c1-2-15(12-5-6-12)8-13(17)14-11-4-3-10(7-11)9-16/h3-4,10-12,16H,2,5-9H2,1H3,(H,14,17)/t10-,11+/m0/s1. The third kappa shape index (κ3) is 3.54. The molecule has 0 heterocycles. The van der Waals surface area contributed by atoms with Crippen molar-refractivity contribution in [3.63, 3.8) is 0 Å². The summed E-state index contributed by atoms with van der Waals surface area (Å²) in [7, 11) is 0. The van der Waals surface area contributed by atoms with Crippen LogP contribution in [0.25, 0.3) is 0 Å². The second-order valence-corrected chi connectivity index (χ2v) is 5.03. The van der Waals surface area contributed by atoms with Gasteiger partial charge in [0.25, 0.3) is 0 Å². The minimum Gasteiger partial charge on any atom is -0.396 e. The highest BCUT2D eigenvalue weighted by molar-refractivity contribution is 5.78. The highest BCUT2D eigenvalue weighted by atomic mass is 16.3. The molecule has 2 aliphatic rings. The zero-order valence-corrected chi connectivity index (χ0v) is 10.4. The van der Waals surface area contributed by atoms with Crippen LogP contribution >= 0.6 is 0 Å². The molecule has 0 aliphatic heterocycles. The van der Waals surface area contributed by atoms with E-state index in [0.29, 0.717) is 12.6 Å². The van der Waals surface area contributed by atoms with E-state index < -0.39 is 0 Å². The van der Waals surface area contributed by atoms with Gasteiger partial charge in [-0.15, -0.1) is 0 Å². The first-order chi connectivity index (χ1) is 8.22. The zero-order chi connectivity index (χ0) is 12.3. The van der Waals surface area contributed by atoms with Crippen molar-refractivity contribution in [3.05, 3.63) is 12.2 Å². The molecular weight excluding hydrogens is 216 g/mol. The maximum Gasteiger partial charge on any atom is 0.234 e. The number of carbonyl (C=O) groups excluding carboxylic acids is 1. The number of hydrogen-bond donors (Lipinski definition) is 2. The van der Waals surface area contributed by atoms with Crippen LogP contribution in [0.15, 0.2) is 12.2 Å². The predicted molar refractivity (Wildman–Crippen MR) is 66.5 cm³/mol. The number of aliphatic hydroxyl groups is 1. The van der Waals surface area contributed by atoms with Gasteiger partial charge in [0, 0.05) is 24.6 Å². The Labute approximate surface area is 103 Å². The summed E-state index contributed by atoms with van der Waals surface area (Å²) in [5, 5.41) is 12.0. The van der Waals surface area contributed by atoms with Gasteiger partial charge < -0.3 is 10.4 Å². The van der Waals surface area contributed by atoms with Crippen LogP contribution in [0.2, 0.25) is 0 Å². The summed E-state index contributed by atoms with van der Waals surface area (Å²) in [6, 6.07) is 0.743. The van der Waals surface area contributed by atoms with Crippen molar-refractivity contribution < 1.29 is 9.90 Å². The lowest BCUT2D eigenvalue weighted by Crippen LogP contribution is -2.42. The normalized spacial score (nSPS) is 27.7. The minimum absolute atomic E-state index is 0.104. The van der Waals surface area contributed by atoms with Gasteiger partial charge in [-0.05, 0) is 25.8 Å². The Morgan fingerprint density at radius 1 is 1.47 bits per heavy atom. The molecule has 0 spiro atoms. The fourth-order valence-corrected chi connectivity index (χ4v) is 2.39. The Morgan fingerprint density at radius 3 is 2.76 bits per heavy atom. The topological polar surface area (TPSA) is 52.6 Å². The molecule has 2 N–H and O–H groups in total. The predicted octanol–water partition coefficient (Wildman–Crippen LogP) is 0.524. The van der Waals surface area contributed by atoms with E-state index in [1.165, 1.54) is 12.8 Å². The third-order valence-corrected chi connectivity index (χ3v) is 3.57. The van der Waals surface area contributed by atoms with E-state index >= 15 is 0 Å². The van der Waals surface area contributed by atoms with Gasteiger partial charge in [-0.3, -0.25) is 9.69 Å². The van der Waals surface area contributed by atoms with E-state index in [9.17, 15) is 4.79 Å². The van der Waals surface area contributed by atoms with E-state index in [0.717, 1.165) is 13.0 Å². The molecule has 0 aromatic carbocycles. The van der Waals surface area contributed by atoms with Crippen molar-refractivity contribution in [2.75, 3.05) is 19.7 Å². The number of hydrogen-bond acceptors (Lipinski definition) is 3. The van der Waals surface area contributed by atoms with Crippen molar-refractivity contribution in [2.24, 2.45) is 5.92 Å². The lowest BCUT2D eigenvalue weighted by atomic mass is 10.1. The van der Waals surface area contributed by atoms with E-state index in [4.69, 9.17) is 5.11 Å². The van der Waals surface area contributed by atoms with Crippen LogP contribution in [0.5, 0.6) is 0 Å². The Bertz CT molecular complexity index is 300. The van der Waals surface area contributed by atoms with Crippen LogP contribution in [0.4, 0.5) is 0 Å². The summed E-state index contributed by atoms with van der Waals surface area (Å²) in [5.74, 6) is 0.318. The molecule has 0 bridgehead atoms. The molecule has 0 aromatic heterocycles. The maximum atomic E-state index is 11.8. The molecular formula is C13H22N2O2. The van der Waals surface area contributed by atoms with Gasteiger partial charge in [-0.2, -0.15) is 0 Å². The third-order valence-electron chi connectivity index (χ3n) is 3.57. The SMILES string of the molecule is CCN(CC(=O)N[C@@H]1C=C[C@H](CO)C1)C1CC1. The molecule has 0 saturated heterocycles. The van der Waals surface area contributed by atoms with Crippen molar-refractivity contribution >= 4 is 5.91 Å². The number of aliphatic hydroxyl groups excluding tert-OH is 1. The van der Waals surface area contributed by atoms with Crippen molar-refractivity contribution in [3.8, 4) is 0 Å². The number of amides is 1. The van der Waals surface area contributed by atoms with Crippen molar-refractivity contribution in [1.82, 2.24) is 10.2 Å². The molecule has 2 rings (SSSR count). The second-order valence-electron chi connectivity index (χ2n) is 5.03. The molecule has 1 saturated carbocycles. The lowest BCUT2D eigenvalue weighted by Gasteiger charge is -2.20. The first kappa shape index (κ1) is 12.6. The van der Waals surface area contributed by atoms with Gasteiger partial charge in [-0.25, -0.2) is 0 Å². The molecule has 0 unspecified atom stereocenters. The van der Waals surface area contributed by atoms with Gasteiger partial charge in [0.2, 0.25) is 5.91 Å². The highest BCUT2D eigenvalue weighted by Crippen LogP contribution is 2.26. The maximum absolute atomic E-state index is 11.8. The number of carbonyl (C=O) groups is 1. The van der Waals surface area contributed by atoms with Crippen molar-refractivity contribution in [2.45, 2.75) is 38.3 Å². The largest absolute Gasteiger partial charge is 0.396 e. The Balaban J connectivity index is 1.72. The van der Waals surface area contributed by atoms with Crippen LogP contribution < -0.4 is 5.32 Å². The van der Waals surface area contributed by atoms with E-state index in [1.807, 2.05) is 12.2 Å². The first-order valence-electron chi connectivity index (χ1n) is 6.55. The van der Waals surface area contributed by atoms with Gasteiger partial charge in [0.1, 0.15) is 0 Å². The summed E-state index contributed by atoms with van der Waals surface area (Å²) in [4.78, 5) is 14.1. The van der Waals surface area contributed by atoms with E-state index in [2.05, 4.69) is 17.1 Å². The molecule has 96 valence electrons. The lowest BCUT2D eigenvalue weighted by molar-refractivity contribution is -0.122. The second kappa shape index (κ2) is 5.65. The first-order valence-corrected chi connectivity index (χ1v) is 6.55. The summed E-state index contributed by atoms with van der Waals surface area (Å²) in [6.07, 6.45) is 7.28. The van der Waals surface area contributed by atoms with E-state index in [-0.39, 0.29) is 24.5 Å². The number of likely N-dealkylation sites (N-methyl/N-ethyl adjacent to an activating group) is 1. The zero-order valence-electron chi connectivity index (χ0n) is 10.4. The highest BCUT2D eigenvalue weighted by Gasteiger charge is 2.29. The quantitative estimate of drug-likeness (QED) is 0.664. The van der Waals surface area contributed by atoms with E-state index in [1.54, 1.807) is 0 Å². The van der Waals surface area contributed by atoms with Crippen LogP contribution in [0.3, 0.4) is 0 Å².